The average molecular weight is 347 g/mol. The van der Waals surface area contributed by atoms with E-state index >= 15 is 0 Å². The molecule has 3 rings (SSSR count). The van der Waals surface area contributed by atoms with Crippen molar-refractivity contribution in [3.63, 3.8) is 0 Å². The van der Waals surface area contributed by atoms with Gasteiger partial charge in [-0.3, -0.25) is 4.90 Å². The molecule has 1 N–H and O–H groups in total. The molecule has 8 heteroatoms. The molecule has 0 amide bonds. The van der Waals surface area contributed by atoms with E-state index in [0.717, 1.165) is 32.1 Å². The van der Waals surface area contributed by atoms with Crippen molar-refractivity contribution in [2.45, 2.75) is 4.90 Å². The molecule has 1 aliphatic rings. The molecule has 1 aliphatic heterocycles. The van der Waals surface area contributed by atoms with Gasteiger partial charge in [-0.25, -0.2) is 23.1 Å². The second-order valence-corrected chi connectivity index (χ2v) is 7.36. The number of sulfonamides is 1. The lowest BCUT2D eigenvalue weighted by Gasteiger charge is -2.34. The van der Waals surface area contributed by atoms with Gasteiger partial charge < -0.3 is 4.90 Å². The third kappa shape index (κ3) is 4.28. The minimum absolute atomic E-state index is 0.302. The zero-order chi connectivity index (χ0) is 16.8. The van der Waals surface area contributed by atoms with E-state index in [9.17, 15) is 8.42 Å². The van der Waals surface area contributed by atoms with Gasteiger partial charge in [0, 0.05) is 51.7 Å². The molecule has 0 bridgehead atoms. The fourth-order valence-electron chi connectivity index (χ4n) is 2.65. The molecule has 0 saturated carbocycles. The second-order valence-electron chi connectivity index (χ2n) is 5.59. The van der Waals surface area contributed by atoms with Gasteiger partial charge in [-0.15, -0.1) is 0 Å². The Morgan fingerprint density at radius 3 is 2.29 bits per heavy atom. The van der Waals surface area contributed by atoms with Crippen LogP contribution in [0.4, 0.5) is 5.95 Å². The lowest BCUT2D eigenvalue weighted by atomic mass is 10.3. The minimum atomic E-state index is -3.42. The van der Waals surface area contributed by atoms with Crippen molar-refractivity contribution in [1.29, 1.82) is 0 Å². The summed E-state index contributed by atoms with van der Waals surface area (Å²) in [5.41, 5.74) is 0. The van der Waals surface area contributed by atoms with Gasteiger partial charge in [0.1, 0.15) is 0 Å². The quantitative estimate of drug-likeness (QED) is 0.823. The van der Waals surface area contributed by atoms with E-state index in [-0.39, 0.29) is 0 Å². The number of benzene rings is 1. The lowest BCUT2D eigenvalue weighted by molar-refractivity contribution is 0.261. The molecular weight excluding hydrogens is 326 g/mol. The van der Waals surface area contributed by atoms with Gasteiger partial charge in [-0.1, -0.05) is 18.2 Å². The highest BCUT2D eigenvalue weighted by Gasteiger charge is 2.19. The fraction of sp³-hybridized carbons (Fsp3) is 0.375. The van der Waals surface area contributed by atoms with Crippen molar-refractivity contribution in [2.24, 2.45) is 0 Å². The molecular formula is C16H21N5O2S. The first-order valence-corrected chi connectivity index (χ1v) is 9.42. The molecule has 1 saturated heterocycles. The molecule has 7 nitrogen and oxygen atoms in total. The first kappa shape index (κ1) is 16.8. The van der Waals surface area contributed by atoms with Crippen LogP contribution >= 0.6 is 0 Å². The van der Waals surface area contributed by atoms with E-state index in [0.29, 0.717) is 18.0 Å². The van der Waals surface area contributed by atoms with E-state index in [2.05, 4.69) is 24.5 Å². The van der Waals surface area contributed by atoms with Gasteiger partial charge in [-0.05, 0) is 18.2 Å². The molecule has 1 aromatic heterocycles. The van der Waals surface area contributed by atoms with E-state index in [1.54, 1.807) is 48.8 Å². The Labute approximate surface area is 142 Å². The number of nitrogens with zero attached hydrogens (tertiary/aromatic N) is 4. The fourth-order valence-corrected chi connectivity index (χ4v) is 3.69. The van der Waals surface area contributed by atoms with Crippen LogP contribution in [-0.4, -0.2) is 62.6 Å². The van der Waals surface area contributed by atoms with Gasteiger partial charge in [0.25, 0.3) is 0 Å². The van der Waals surface area contributed by atoms with Gasteiger partial charge in [0.05, 0.1) is 4.90 Å². The van der Waals surface area contributed by atoms with Gasteiger partial charge in [0.2, 0.25) is 16.0 Å². The van der Waals surface area contributed by atoms with Crippen LogP contribution < -0.4 is 9.62 Å². The summed E-state index contributed by atoms with van der Waals surface area (Å²) in [6, 6.07) is 10.2. The highest BCUT2D eigenvalue weighted by atomic mass is 32.2. The van der Waals surface area contributed by atoms with Crippen LogP contribution in [0.5, 0.6) is 0 Å². The van der Waals surface area contributed by atoms with Crippen LogP contribution in [0.3, 0.4) is 0 Å². The Hall–Kier alpha value is -2.03. The molecule has 2 aromatic rings. The van der Waals surface area contributed by atoms with Crippen molar-refractivity contribution >= 4 is 16.0 Å². The Bertz CT molecular complexity index is 732. The molecule has 0 radical (unpaired) electrons. The molecule has 0 aliphatic carbocycles. The summed E-state index contributed by atoms with van der Waals surface area (Å²) in [7, 11) is -3.42. The van der Waals surface area contributed by atoms with Gasteiger partial charge in [0.15, 0.2) is 0 Å². The van der Waals surface area contributed by atoms with Crippen LogP contribution in [0.25, 0.3) is 0 Å². The van der Waals surface area contributed by atoms with E-state index in [4.69, 9.17) is 0 Å². The monoisotopic (exact) mass is 347 g/mol. The first-order valence-electron chi connectivity index (χ1n) is 7.94. The summed E-state index contributed by atoms with van der Waals surface area (Å²) in [4.78, 5) is 13.2. The summed E-state index contributed by atoms with van der Waals surface area (Å²) in [5, 5.41) is 0. The number of nitrogens with one attached hydrogen (secondary N) is 1. The Morgan fingerprint density at radius 1 is 0.958 bits per heavy atom. The summed E-state index contributed by atoms with van der Waals surface area (Å²) in [6.45, 7) is 4.51. The van der Waals surface area contributed by atoms with Crippen molar-refractivity contribution < 1.29 is 8.42 Å². The highest BCUT2D eigenvalue weighted by Crippen LogP contribution is 2.10. The van der Waals surface area contributed by atoms with Crippen molar-refractivity contribution in [3.05, 3.63) is 48.8 Å². The number of aromatic nitrogens is 2. The Kier molecular flexibility index (Phi) is 5.39. The zero-order valence-corrected chi connectivity index (χ0v) is 14.2. The summed E-state index contributed by atoms with van der Waals surface area (Å²) >= 11 is 0. The Balaban J connectivity index is 1.44. The molecule has 0 unspecified atom stereocenters. The standard InChI is InChI=1S/C16H21N5O2S/c22-24(23,15-5-2-1-3-6-15)19-9-10-20-11-13-21(14-12-20)16-17-7-4-8-18-16/h1-8,19H,9-14H2. The van der Waals surface area contributed by atoms with E-state index in [1.165, 1.54) is 0 Å². The largest absolute Gasteiger partial charge is 0.338 e. The summed E-state index contributed by atoms with van der Waals surface area (Å²) < 4.78 is 27.0. The van der Waals surface area contributed by atoms with Gasteiger partial charge in [-0.2, -0.15) is 0 Å². The third-order valence-electron chi connectivity index (χ3n) is 3.98. The number of rotatable bonds is 6. The van der Waals surface area contributed by atoms with Crippen LogP contribution in [0, 0.1) is 0 Å². The number of anilines is 1. The predicted molar refractivity (Wildman–Crippen MR) is 92.3 cm³/mol. The molecule has 1 fully saturated rings. The molecule has 0 spiro atoms. The normalized spacial score (nSPS) is 16.2. The lowest BCUT2D eigenvalue weighted by Crippen LogP contribution is -2.48. The minimum Gasteiger partial charge on any atom is -0.338 e. The number of hydrogen-bond acceptors (Lipinski definition) is 6. The van der Waals surface area contributed by atoms with Crippen molar-refractivity contribution in [2.75, 3.05) is 44.2 Å². The van der Waals surface area contributed by atoms with E-state index < -0.39 is 10.0 Å². The van der Waals surface area contributed by atoms with Crippen LogP contribution in [0.15, 0.2) is 53.7 Å². The average Bonchev–Trinajstić information content (AvgIpc) is 2.64. The molecule has 0 atom stereocenters. The number of piperazine rings is 1. The summed E-state index contributed by atoms with van der Waals surface area (Å²) in [5.74, 6) is 0.752. The SMILES string of the molecule is O=S(=O)(NCCN1CCN(c2ncccn2)CC1)c1ccccc1. The maximum atomic E-state index is 12.2. The Morgan fingerprint density at radius 2 is 1.62 bits per heavy atom. The number of hydrogen-bond donors (Lipinski definition) is 1. The third-order valence-corrected chi connectivity index (χ3v) is 5.46. The van der Waals surface area contributed by atoms with E-state index in [1.807, 2.05) is 0 Å². The van der Waals surface area contributed by atoms with Crippen LogP contribution in [0.2, 0.25) is 0 Å². The van der Waals surface area contributed by atoms with Gasteiger partial charge >= 0.3 is 0 Å². The first-order chi connectivity index (χ1) is 11.6. The predicted octanol–water partition coefficient (Wildman–Crippen LogP) is 0.577. The van der Waals surface area contributed by atoms with Crippen LogP contribution in [-0.2, 0) is 10.0 Å². The smallest absolute Gasteiger partial charge is 0.240 e. The maximum absolute atomic E-state index is 12.2. The highest BCUT2D eigenvalue weighted by molar-refractivity contribution is 7.89. The van der Waals surface area contributed by atoms with Crippen molar-refractivity contribution in [1.82, 2.24) is 19.6 Å². The zero-order valence-electron chi connectivity index (χ0n) is 13.4. The molecule has 2 heterocycles. The molecule has 1 aromatic carbocycles. The summed E-state index contributed by atoms with van der Waals surface area (Å²) in [6.07, 6.45) is 3.49. The molecule has 128 valence electrons. The van der Waals surface area contributed by atoms with Crippen LogP contribution in [0.1, 0.15) is 0 Å². The topological polar surface area (TPSA) is 78.4 Å². The second kappa shape index (κ2) is 7.69. The molecule has 24 heavy (non-hydrogen) atoms. The van der Waals surface area contributed by atoms with Crippen molar-refractivity contribution in [3.8, 4) is 0 Å². The maximum Gasteiger partial charge on any atom is 0.240 e.